The summed E-state index contributed by atoms with van der Waals surface area (Å²) < 4.78 is 28.9. The molecule has 1 aliphatic rings. The number of nitrogens with one attached hydrogen (secondary N) is 1. The maximum absolute atomic E-state index is 12.2. The summed E-state index contributed by atoms with van der Waals surface area (Å²) in [6, 6.07) is 7.06. The number of hydrogen-bond acceptors (Lipinski definition) is 2. The second-order valence-corrected chi connectivity index (χ2v) is 4.08. The SMILES string of the molecule is CNCC1CC1c1ccccc1OC(F)F. The molecule has 0 radical (unpaired) electrons. The molecule has 4 heteroatoms. The first-order valence-electron chi connectivity index (χ1n) is 5.40. The van der Waals surface area contributed by atoms with Crippen LogP contribution in [0.2, 0.25) is 0 Å². The lowest BCUT2D eigenvalue weighted by Crippen LogP contribution is -2.10. The van der Waals surface area contributed by atoms with Gasteiger partial charge in [-0.3, -0.25) is 0 Å². The van der Waals surface area contributed by atoms with E-state index in [2.05, 4.69) is 10.1 Å². The van der Waals surface area contributed by atoms with E-state index in [9.17, 15) is 8.78 Å². The van der Waals surface area contributed by atoms with E-state index in [4.69, 9.17) is 0 Å². The van der Waals surface area contributed by atoms with Gasteiger partial charge >= 0.3 is 6.61 Å². The summed E-state index contributed by atoms with van der Waals surface area (Å²) in [6.45, 7) is -1.82. The van der Waals surface area contributed by atoms with Crippen molar-refractivity contribution in [2.24, 2.45) is 5.92 Å². The molecule has 0 aromatic heterocycles. The number of rotatable bonds is 5. The lowest BCUT2D eigenvalue weighted by atomic mass is 10.1. The fraction of sp³-hybridized carbons (Fsp3) is 0.500. The van der Waals surface area contributed by atoms with Crippen molar-refractivity contribution in [2.45, 2.75) is 19.0 Å². The molecule has 16 heavy (non-hydrogen) atoms. The molecular formula is C12H15F2NO. The number of alkyl halides is 2. The zero-order chi connectivity index (χ0) is 11.5. The van der Waals surface area contributed by atoms with E-state index < -0.39 is 6.61 Å². The van der Waals surface area contributed by atoms with Crippen LogP contribution >= 0.6 is 0 Å². The van der Waals surface area contributed by atoms with Gasteiger partial charge in [-0.2, -0.15) is 8.78 Å². The van der Waals surface area contributed by atoms with Gasteiger partial charge in [-0.25, -0.2) is 0 Å². The molecule has 1 fully saturated rings. The minimum absolute atomic E-state index is 0.320. The highest BCUT2D eigenvalue weighted by Gasteiger charge is 2.39. The summed E-state index contributed by atoms with van der Waals surface area (Å²) in [6.07, 6.45) is 1.05. The third-order valence-electron chi connectivity index (χ3n) is 2.92. The zero-order valence-electron chi connectivity index (χ0n) is 9.12. The third-order valence-corrected chi connectivity index (χ3v) is 2.92. The quantitative estimate of drug-likeness (QED) is 0.834. The van der Waals surface area contributed by atoms with Crippen molar-refractivity contribution in [2.75, 3.05) is 13.6 Å². The molecule has 0 amide bonds. The Morgan fingerprint density at radius 3 is 2.88 bits per heavy atom. The van der Waals surface area contributed by atoms with Crippen molar-refractivity contribution in [1.82, 2.24) is 5.32 Å². The van der Waals surface area contributed by atoms with Crippen LogP contribution in [0.4, 0.5) is 8.78 Å². The van der Waals surface area contributed by atoms with Crippen molar-refractivity contribution in [3.63, 3.8) is 0 Å². The summed E-state index contributed by atoms with van der Waals surface area (Å²) in [4.78, 5) is 0. The lowest BCUT2D eigenvalue weighted by molar-refractivity contribution is -0.0504. The Kier molecular flexibility index (Phi) is 3.39. The van der Waals surface area contributed by atoms with E-state index in [1.54, 1.807) is 12.1 Å². The summed E-state index contributed by atoms with van der Waals surface area (Å²) >= 11 is 0. The molecule has 1 aromatic rings. The molecule has 0 aliphatic heterocycles. The van der Waals surface area contributed by atoms with Gasteiger partial charge in [0.05, 0.1) is 0 Å². The van der Waals surface area contributed by atoms with Gasteiger partial charge in [-0.1, -0.05) is 18.2 Å². The molecule has 1 saturated carbocycles. The molecule has 1 aromatic carbocycles. The van der Waals surface area contributed by atoms with Gasteiger partial charge in [0.25, 0.3) is 0 Å². The van der Waals surface area contributed by atoms with Crippen LogP contribution in [0.1, 0.15) is 17.9 Å². The molecule has 0 spiro atoms. The molecule has 2 unspecified atom stereocenters. The standard InChI is InChI=1S/C12H15F2NO/c1-15-7-8-6-10(8)9-4-2-3-5-11(9)16-12(13)14/h2-5,8,10,12,15H,6-7H2,1H3. The summed E-state index contributed by atoms with van der Waals surface area (Å²) in [5.74, 6) is 1.23. The Morgan fingerprint density at radius 2 is 2.19 bits per heavy atom. The smallest absolute Gasteiger partial charge is 0.387 e. The molecule has 1 N–H and O–H groups in total. The second kappa shape index (κ2) is 4.78. The topological polar surface area (TPSA) is 21.3 Å². The van der Waals surface area contributed by atoms with Gasteiger partial charge in [0.15, 0.2) is 0 Å². The zero-order valence-corrected chi connectivity index (χ0v) is 9.12. The molecule has 1 aliphatic carbocycles. The average molecular weight is 227 g/mol. The normalized spacial score (nSPS) is 23.5. The maximum atomic E-state index is 12.2. The minimum atomic E-state index is -2.75. The van der Waals surface area contributed by atoms with Crippen LogP contribution in [-0.2, 0) is 0 Å². The summed E-state index contributed by atoms with van der Waals surface area (Å²) in [7, 11) is 1.90. The van der Waals surface area contributed by atoms with E-state index in [1.807, 2.05) is 19.2 Å². The molecule has 0 saturated heterocycles. The molecule has 2 rings (SSSR count). The number of benzene rings is 1. The first-order valence-corrected chi connectivity index (χ1v) is 5.40. The van der Waals surface area contributed by atoms with Gasteiger partial charge in [-0.05, 0) is 43.5 Å². The highest BCUT2D eigenvalue weighted by atomic mass is 19.3. The molecular weight excluding hydrogens is 212 g/mol. The van der Waals surface area contributed by atoms with Gasteiger partial charge in [-0.15, -0.1) is 0 Å². The monoisotopic (exact) mass is 227 g/mol. The maximum Gasteiger partial charge on any atom is 0.387 e. The Hall–Kier alpha value is -1.16. The molecule has 88 valence electrons. The highest BCUT2D eigenvalue weighted by Crippen LogP contribution is 2.50. The number of ether oxygens (including phenoxy) is 1. The molecule has 0 bridgehead atoms. The van der Waals surface area contributed by atoms with Crippen LogP contribution in [0.5, 0.6) is 5.75 Å². The molecule has 2 nitrogen and oxygen atoms in total. The predicted molar refractivity (Wildman–Crippen MR) is 57.8 cm³/mol. The van der Waals surface area contributed by atoms with Crippen molar-refractivity contribution >= 4 is 0 Å². The van der Waals surface area contributed by atoms with E-state index >= 15 is 0 Å². The average Bonchev–Trinajstić information content (AvgIpc) is 2.98. The van der Waals surface area contributed by atoms with Gasteiger partial charge < -0.3 is 10.1 Å². The van der Waals surface area contributed by atoms with E-state index in [-0.39, 0.29) is 0 Å². The van der Waals surface area contributed by atoms with Crippen molar-refractivity contribution in [1.29, 1.82) is 0 Å². The van der Waals surface area contributed by atoms with Gasteiger partial charge in [0.2, 0.25) is 0 Å². The largest absolute Gasteiger partial charge is 0.435 e. The fourth-order valence-electron chi connectivity index (χ4n) is 2.11. The fourth-order valence-corrected chi connectivity index (χ4v) is 2.11. The Balaban J connectivity index is 2.09. The Bertz CT molecular complexity index is 357. The molecule has 0 heterocycles. The van der Waals surface area contributed by atoms with Crippen LogP contribution in [-0.4, -0.2) is 20.2 Å². The number of halogens is 2. The van der Waals surface area contributed by atoms with E-state index in [0.29, 0.717) is 17.6 Å². The highest BCUT2D eigenvalue weighted by molar-refractivity contribution is 5.39. The second-order valence-electron chi connectivity index (χ2n) is 4.08. The van der Waals surface area contributed by atoms with Crippen molar-refractivity contribution in [3.05, 3.63) is 29.8 Å². The van der Waals surface area contributed by atoms with E-state index in [1.165, 1.54) is 0 Å². The Labute approximate surface area is 93.6 Å². The molecule has 2 atom stereocenters. The van der Waals surface area contributed by atoms with Crippen LogP contribution in [0.25, 0.3) is 0 Å². The van der Waals surface area contributed by atoms with Crippen molar-refractivity contribution in [3.8, 4) is 5.75 Å². The van der Waals surface area contributed by atoms with Crippen LogP contribution in [0.15, 0.2) is 24.3 Å². The summed E-state index contributed by atoms with van der Waals surface area (Å²) in [5, 5.41) is 3.10. The van der Waals surface area contributed by atoms with Crippen molar-refractivity contribution < 1.29 is 13.5 Å². The van der Waals surface area contributed by atoms with Crippen LogP contribution in [0.3, 0.4) is 0 Å². The minimum Gasteiger partial charge on any atom is -0.435 e. The lowest BCUT2D eigenvalue weighted by Gasteiger charge is -2.10. The first-order chi connectivity index (χ1) is 7.72. The van der Waals surface area contributed by atoms with Crippen LogP contribution in [0, 0.1) is 5.92 Å². The van der Waals surface area contributed by atoms with Gasteiger partial charge in [0.1, 0.15) is 5.75 Å². The van der Waals surface area contributed by atoms with Gasteiger partial charge in [0, 0.05) is 0 Å². The number of para-hydroxylation sites is 1. The number of hydrogen-bond donors (Lipinski definition) is 1. The van der Waals surface area contributed by atoms with Crippen LogP contribution < -0.4 is 10.1 Å². The summed E-state index contributed by atoms with van der Waals surface area (Å²) in [5.41, 5.74) is 0.906. The Morgan fingerprint density at radius 1 is 1.44 bits per heavy atom. The third kappa shape index (κ3) is 2.50. The van der Waals surface area contributed by atoms with E-state index in [0.717, 1.165) is 18.5 Å². The predicted octanol–water partition coefficient (Wildman–Crippen LogP) is 2.61. The first kappa shape index (κ1) is 11.3.